The Balaban J connectivity index is 1.84. The van der Waals surface area contributed by atoms with Gasteiger partial charge >= 0.3 is 5.76 Å². The summed E-state index contributed by atoms with van der Waals surface area (Å²) in [6.07, 6.45) is 0.751. The minimum Gasteiger partial charge on any atom is -0.365 e. The van der Waals surface area contributed by atoms with Gasteiger partial charge < -0.3 is 4.90 Å². The van der Waals surface area contributed by atoms with Crippen molar-refractivity contribution in [2.24, 2.45) is 0 Å². The van der Waals surface area contributed by atoms with Gasteiger partial charge in [-0.15, -0.1) is 0 Å². The molecule has 0 amide bonds. The lowest BCUT2D eigenvalue weighted by molar-refractivity contribution is -0.384. The van der Waals surface area contributed by atoms with Gasteiger partial charge in [-0.1, -0.05) is 30.3 Å². The zero-order valence-corrected chi connectivity index (χ0v) is 17.3. The Labute approximate surface area is 174 Å². The standard InChI is InChI=1S/C20H23F2N3O4S/c1-15-9-10-23(11-12-24(15)14-16-5-3-2-4-6-16)18-8-7-17(13-19(18)25(26)27)30(28,29)20(21)22/h2-8,13,15,20H,9-12,14H2,1H3. The minimum atomic E-state index is -4.90. The molecule has 1 aliphatic rings. The van der Waals surface area contributed by atoms with Crippen LogP contribution in [-0.4, -0.2) is 49.7 Å². The average Bonchev–Trinajstić information content (AvgIpc) is 2.90. The summed E-state index contributed by atoms with van der Waals surface area (Å²) in [5.41, 5.74) is 0.924. The van der Waals surface area contributed by atoms with Crippen molar-refractivity contribution in [2.75, 3.05) is 24.5 Å². The van der Waals surface area contributed by atoms with Gasteiger partial charge in [-0.3, -0.25) is 15.0 Å². The molecule has 30 heavy (non-hydrogen) atoms. The molecule has 2 aromatic rings. The van der Waals surface area contributed by atoms with Crippen molar-refractivity contribution in [1.29, 1.82) is 0 Å². The van der Waals surface area contributed by atoms with E-state index in [0.717, 1.165) is 25.1 Å². The van der Waals surface area contributed by atoms with Gasteiger partial charge in [-0.05, 0) is 31.0 Å². The Morgan fingerprint density at radius 3 is 2.47 bits per heavy atom. The van der Waals surface area contributed by atoms with Crippen LogP contribution in [-0.2, 0) is 16.4 Å². The van der Waals surface area contributed by atoms with Crippen molar-refractivity contribution in [3.8, 4) is 0 Å². The minimum absolute atomic E-state index is 0.238. The first-order valence-electron chi connectivity index (χ1n) is 9.53. The summed E-state index contributed by atoms with van der Waals surface area (Å²) in [6.45, 7) is 4.54. The van der Waals surface area contributed by atoms with E-state index in [0.29, 0.717) is 19.6 Å². The molecule has 7 nitrogen and oxygen atoms in total. The van der Waals surface area contributed by atoms with Crippen molar-refractivity contribution in [3.63, 3.8) is 0 Å². The third kappa shape index (κ3) is 4.76. The molecule has 1 heterocycles. The number of rotatable bonds is 6. The van der Waals surface area contributed by atoms with Crippen LogP contribution in [0.25, 0.3) is 0 Å². The molecule has 0 saturated carbocycles. The van der Waals surface area contributed by atoms with Crippen LogP contribution >= 0.6 is 0 Å². The van der Waals surface area contributed by atoms with Gasteiger partial charge in [0.2, 0.25) is 9.84 Å². The number of nitrogens with zero attached hydrogens (tertiary/aromatic N) is 3. The molecule has 0 bridgehead atoms. The first-order valence-corrected chi connectivity index (χ1v) is 11.1. The normalized spacial score (nSPS) is 18.4. The molecule has 0 N–H and O–H groups in total. The molecular formula is C20H23F2N3O4S. The maximum Gasteiger partial charge on any atom is 0.341 e. The van der Waals surface area contributed by atoms with Crippen LogP contribution in [0.2, 0.25) is 0 Å². The van der Waals surface area contributed by atoms with E-state index in [1.165, 1.54) is 11.6 Å². The van der Waals surface area contributed by atoms with E-state index >= 15 is 0 Å². The molecule has 0 aromatic heterocycles. The van der Waals surface area contributed by atoms with Gasteiger partial charge in [-0.2, -0.15) is 8.78 Å². The highest BCUT2D eigenvalue weighted by Crippen LogP contribution is 2.33. The number of hydrogen-bond acceptors (Lipinski definition) is 6. The smallest absolute Gasteiger partial charge is 0.341 e. The van der Waals surface area contributed by atoms with Crippen molar-refractivity contribution in [3.05, 3.63) is 64.2 Å². The zero-order valence-electron chi connectivity index (χ0n) is 16.4. The van der Waals surface area contributed by atoms with Crippen LogP contribution < -0.4 is 4.90 Å². The lowest BCUT2D eigenvalue weighted by atomic mass is 10.1. The summed E-state index contributed by atoms with van der Waals surface area (Å²) in [5, 5.41) is 11.6. The fourth-order valence-corrected chi connectivity index (χ4v) is 4.34. The Morgan fingerprint density at radius 2 is 1.83 bits per heavy atom. The molecular weight excluding hydrogens is 416 g/mol. The molecule has 1 saturated heterocycles. The lowest BCUT2D eigenvalue weighted by Crippen LogP contribution is -2.34. The molecule has 162 valence electrons. The van der Waals surface area contributed by atoms with Crippen molar-refractivity contribution in [1.82, 2.24) is 4.90 Å². The maximum absolute atomic E-state index is 12.8. The zero-order chi connectivity index (χ0) is 21.9. The molecule has 0 radical (unpaired) electrons. The average molecular weight is 439 g/mol. The molecule has 0 aliphatic carbocycles. The van der Waals surface area contributed by atoms with E-state index in [2.05, 4.69) is 11.8 Å². The second-order valence-corrected chi connectivity index (χ2v) is 9.21. The summed E-state index contributed by atoms with van der Waals surface area (Å²) in [7, 11) is -4.90. The van der Waals surface area contributed by atoms with Gasteiger partial charge in [0.05, 0.1) is 9.82 Å². The van der Waals surface area contributed by atoms with Crippen LogP contribution in [0, 0.1) is 10.1 Å². The van der Waals surface area contributed by atoms with Crippen LogP contribution in [0.4, 0.5) is 20.2 Å². The fraction of sp³-hybridized carbons (Fsp3) is 0.400. The van der Waals surface area contributed by atoms with E-state index in [-0.39, 0.29) is 11.7 Å². The molecule has 1 unspecified atom stereocenters. The van der Waals surface area contributed by atoms with Crippen LogP contribution in [0.1, 0.15) is 18.9 Å². The predicted octanol–water partition coefficient (Wildman–Crippen LogP) is 3.69. The first-order chi connectivity index (χ1) is 14.2. The third-order valence-electron chi connectivity index (χ3n) is 5.37. The summed E-state index contributed by atoms with van der Waals surface area (Å²) in [5.74, 6) is -3.63. The van der Waals surface area contributed by atoms with Gasteiger partial charge in [0.15, 0.2) is 0 Å². The topological polar surface area (TPSA) is 83.8 Å². The quantitative estimate of drug-likeness (QED) is 0.504. The summed E-state index contributed by atoms with van der Waals surface area (Å²) < 4.78 is 49.1. The summed E-state index contributed by atoms with van der Waals surface area (Å²) in [6, 6.07) is 13.2. The maximum atomic E-state index is 12.8. The van der Waals surface area contributed by atoms with Gasteiger partial charge in [0, 0.05) is 38.3 Å². The number of hydrogen-bond donors (Lipinski definition) is 0. The van der Waals surface area contributed by atoms with Gasteiger partial charge in [0.25, 0.3) is 5.69 Å². The monoisotopic (exact) mass is 439 g/mol. The third-order valence-corrected chi connectivity index (χ3v) is 6.75. The molecule has 0 spiro atoms. The number of sulfone groups is 1. The van der Waals surface area contributed by atoms with E-state index in [1.807, 2.05) is 35.2 Å². The first kappa shape index (κ1) is 22.1. The van der Waals surface area contributed by atoms with Crippen LogP contribution in [0.3, 0.4) is 0 Å². The van der Waals surface area contributed by atoms with E-state index in [9.17, 15) is 27.3 Å². The highest BCUT2D eigenvalue weighted by Gasteiger charge is 2.31. The Morgan fingerprint density at radius 1 is 1.13 bits per heavy atom. The summed E-state index contributed by atoms with van der Waals surface area (Å²) >= 11 is 0. The molecule has 1 atom stereocenters. The Hall–Kier alpha value is -2.59. The number of benzene rings is 2. The highest BCUT2D eigenvalue weighted by molar-refractivity contribution is 7.91. The number of nitro benzene ring substituents is 1. The van der Waals surface area contributed by atoms with Crippen molar-refractivity contribution < 1.29 is 22.1 Å². The molecule has 1 fully saturated rings. The number of alkyl halides is 2. The number of nitro groups is 1. The van der Waals surface area contributed by atoms with Gasteiger partial charge in [-0.25, -0.2) is 8.42 Å². The van der Waals surface area contributed by atoms with E-state index in [1.54, 1.807) is 0 Å². The second kappa shape index (κ2) is 9.05. The SMILES string of the molecule is CC1CCN(c2ccc(S(=O)(=O)C(F)F)cc2[N+](=O)[O-])CCN1Cc1ccccc1. The number of anilines is 1. The predicted molar refractivity (Wildman–Crippen MR) is 109 cm³/mol. The van der Waals surface area contributed by atoms with Gasteiger partial charge in [0.1, 0.15) is 5.69 Å². The molecule has 1 aliphatic heterocycles. The second-order valence-electron chi connectivity index (χ2n) is 7.29. The fourth-order valence-electron chi connectivity index (χ4n) is 3.60. The Bertz CT molecular complexity index is 1000. The van der Waals surface area contributed by atoms with E-state index < -0.39 is 31.1 Å². The Kier molecular flexibility index (Phi) is 6.67. The number of halogens is 2. The van der Waals surface area contributed by atoms with Crippen molar-refractivity contribution >= 4 is 21.2 Å². The van der Waals surface area contributed by atoms with E-state index in [4.69, 9.17) is 0 Å². The lowest BCUT2D eigenvalue weighted by Gasteiger charge is -2.26. The molecule has 10 heteroatoms. The van der Waals surface area contributed by atoms with Crippen molar-refractivity contribution in [2.45, 2.75) is 36.6 Å². The molecule has 3 rings (SSSR count). The van der Waals surface area contributed by atoms with Crippen LogP contribution in [0.15, 0.2) is 53.4 Å². The highest BCUT2D eigenvalue weighted by atomic mass is 32.2. The summed E-state index contributed by atoms with van der Waals surface area (Å²) in [4.78, 5) is 14.2. The largest absolute Gasteiger partial charge is 0.365 e. The molecule has 2 aromatic carbocycles. The van der Waals surface area contributed by atoms with Crippen LogP contribution in [0.5, 0.6) is 0 Å².